The molecule has 2 aromatic rings. The van der Waals surface area contributed by atoms with Crippen molar-refractivity contribution in [3.63, 3.8) is 0 Å². The van der Waals surface area contributed by atoms with Gasteiger partial charge >= 0.3 is 0 Å². The predicted octanol–water partition coefficient (Wildman–Crippen LogP) is 2.92. The zero-order valence-corrected chi connectivity index (χ0v) is 8.01. The van der Waals surface area contributed by atoms with E-state index in [1.807, 2.05) is 18.2 Å². The minimum absolute atomic E-state index is 0.721. The maximum Gasteiger partial charge on any atom is 0.173 e. The van der Waals surface area contributed by atoms with Gasteiger partial charge < -0.3 is 9.84 Å². The number of aromatic nitrogens is 1. The molecule has 0 bridgehead atoms. The van der Waals surface area contributed by atoms with Gasteiger partial charge in [0.1, 0.15) is 0 Å². The molecule has 0 unspecified atom stereocenters. The number of hydrogen-bond acceptors (Lipinski definition) is 3. The van der Waals surface area contributed by atoms with Gasteiger partial charge in [0.25, 0.3) is 0 Å². The smallest absolute Gasteiger partial charge is 0.173 e. The number of fused-ring (bicyclic) bond motifs is 3. The molecule has 0 spiro atoms. The molecule has 0 atom stereocenters. The van der Waals surface area contributed by atoms with Gasteiger partial charge in [-0.3, -0.25) is 0 Å². The molecule has 1 aromatic heterocycles. The molecule has 0 radical (unpaired) electrons. The maximum atomic E-state index is 5.89. The van der Waals surface area contributed by atoms with E-state index in [1.165, 1.54) is 0 Å². The van der Waals surface area contributed by atoms with Crippen LogP contribution in [-0.2, 0) is 6.54 Å². The SMILES string of the molecule is Clc1ccc2c(c1)NCc1cnoc1-2. The average molecular weight is 207 g/mol. The van der Waals surface area contributed by atoms with Crippen LogP contribution in [0.3, 0.4) is 0 Å². The lowest BCUT2D eigenvalue weighted by Crippen LogP contribution is -2.06. The monoisotopic (exact) mass is 206 g/mol. The first kappa shape index (κ1) is 7.88. The number of nitrogens with one attached hydrogen (secondary N) is 1. The van der Waals surface area contributed by atoms with Gasteiger partial charge in [-0.25, -0.2) is 0 Å². The molecule has 3 rings (SSSR count). The summed E-state index contributed by atoms with van der Waals surface area (Å²) < 4.78 is 5.19. The van der Waals surface area contributed by atoms with Gasteiger partial charge in [-0.1, -0.05) is 16.8 Å². The quantitative estimate of drug-likeness (QED) is 0.720. The third kappa shape index (κ3) is 1.02. The first-order valence-electron chi connectivity index (χ1n) is 4.32. The highest BCUT2D eigenvalue weighted by molar-refractivity contribution is 6.31. The van der Waals surface area contributed by atoms with Gasteiger partial charge in [0, 0.05) is 28.4 Å². The van der Waals surface area contributed by atoms with E-state index in [2.05, 4.69) is 10.5 Å². The highest BCUT2D eigenvalue weighted by Crippen LogP contribution is 2.36. The van der Waals surface area contributed by atoms with E-state index in [1.54, 1.807) is 6.20 Å². The fraction of sp³-hybridized carbons (Fsp3) is 0.100. The highest BCUT2D eigenvalue weighted by atomic mass is 35.5. The van der Waals surface area contributed by atoms with Crippen LogP contribution in [0.2, 0.25) is 5.02 Å². The van der Waals surface area contributed by atoms with Crippen molar-refractivity contribution in [3.8, 4) is 11.3 Å². The topological polar surface area (TPSA) is 38.1 Å². The van der Waals surface area contributed by atoms with E-state index in [-0.39, 0.29) is 0 Å². The van der Waals surface area contributed by atoms with E-state index >= 15 is 0 Å². The third-order valence-corrected chi connectivity index (χ3v) is 2.57. The second-order valence-corrected chi connectivity index (χ2v) is 3.66. The first-order chi connectivity index (χ1) is 6.84. The van der Waals surface area contributed by atoms with E-state index in [0.717, 1.165) is 34.1 Å². The zero-order valence-electron chi connectivity index (χ0n) is 7.25. The number of hydrogen-bond donors (Lipinski definition) is 1. The van der Waals surface area contributed by atoms with E-state index in [4.69, 9.17) is 16.1 Å². The highest BCUT2D eigenvalue weighted by Gasteiger charge is 2.19. The Morgan fingerprint density at radius 3 is 3.29 bits per heavy atom. The van der Waals surface area contributed by atoms with E-state index in [9.17, 15) is 0 Å². The minimum Gasteiger partial charge on any atom is -0.380 e. The Bertz CT molecular complexity index is 493. The lowest BCUT2D eigenvalue weighted by Gasteiger charge is -2.16. The fourth-order valence-corrected chi connectivity index (χ4v) is 1.83. The summed E-state index contributed by atoms with van der Waals surface area (Å²) in [4.78, 5) is 0. The van der Waals surface area contributed by atoms with Crippen LogP contribution >= 0.6 is 11.6 Å². The van der Waals surface area contributed by atoms with Crippen molar-refractivity contribution in [2.75, 3.05) is 5.32 Å². The van der Waals surface area contributed by atoms with Gasteiger partial charge in [0.2, 0.25) is 0 Å². The first-order valence-corrected chi connectivity index (χ1v) is 4.70. The molecule has 0 amide bonds. The van der Waals surface area contributed by atoms with Crippen molar-refractivity contribution < 1.29 is 4.52 Å². The van der Waals surface area contributed by atoms with Crippen LogP contribution in [0.15, 0.2) is 28.9 Å². The Kier molecular flexibility index (Phi) is 1.55. The molecule has 4 heteroatoms. The Morgan fingerprint density at radius 2 is 2.36 bits per heavy atom. The molecule has 3 nitrogen and oxygen atoms in total. The summed E-state index contributed by atoms with van der Waals surface area (Å²) in [6, 6.07) is 5.68. The normalized spacial score (nSPS) is 12.9. The summed E-state index contributed by atoms with van der Waals surface area (Å²) in [5, 5.41) is 7.76. The van der Waals surface area contributed by atoms with Crippen molar-refractivity contribution in [2.45, 2.75) is 6.54 Å². The van der Waals surface area contributed by atoms with Crippen LogP contribution in [0.1, 0.15) is 5.56 Å². The van der Waals surface area contributed by atoms with Crippen molar-refractivity contribution in [1.82, 2.24) is 5.16 Å². The van der Waals surface area contributed by atoms with Crippen molar-refractivity contribution in [2.24, 2.45) is 0 Å². The molecule has 14 heavy (non-hydrogen) atoms. The Hall–Kier alpha value is -1.48. The molecule has 0 aliphatic carbocycles. The molecule has 0 saturated heterocycles. The maximum absolute atomic E-state index is 5.89. The van der Waals surface area contributed by atoms with E-state index in [0.29, 0.717) is 0 Å². The summed E-state index contributed by atoms with van der Waals surface area (Å²) >= 11 is 5.89. The molecule has 1 aliphatic heterocycles. The van der Waals surface area contributed by atoms with Crippen LogP contribution in [0.25, 0.3) is 11.3 Å². The van der Waals surface area contributed by atoms with Crippen LogP contribution in [0.5, 0.6) is 0 Å². The molecule has 70 valence electrons. The van der Waals surface area contributed by atoms with Crippen LogP contribution in [0, 0.1) is 0 Å². The largest absolute Gasteiger partial charge is 0.380 e. The molecular weight excluding hydrogens is 200 g/mol. The molecule has 0 saturated carbocycles. The zero-order chi connectivity index (χ0) is 9.54. The standard InChI is InChI=1S/C10H7ClN2O/c11-7-1-2-8-9(3-7)12-4-6-5-13-14-10(6)8/h1-3,5,12H,4H2. The molecule has 2 heterocycles. The van der Waals surface area contributed by atoms with Gasteiger partial charge in [-0.15, -0.1) is 0 Å². The fourth-order valence-electron chi connectivity index (χ4n) is 1.66. The second kappa shape index (κ2) is 2.75. The Morgan fingerprint density at radius 1 is 1.43 bits per heavy atom. The molecule has 1 N–H and O–H groups in total. The third-order valence-electron chi connectivity index (χ3n) is 2.34. The van der Waals surface area contributed by atoms with Crippen LogP contribution in [-0.4, -0.2) is 5.16 Å². The molecule has 1 aliphatic rings. The van der Waals surface area contributed by atoms with Crippen molar-refractivity contribution in [3.05, 3.63) is 35.0 Å². The molecule has 0 fully saturated rings. The predicted molar refractivity (Wildman–Crippen MR) is 54.3 cm³/mol. The Labute approximate surface area is 85.7 Å². The summed E-state index contributed by atoms with van der Waals surface area (Å²) in [6.07, 6.45) is 1.74. The summed E-state index contributed by atoms with van der Waals surface area (Å²) in [7, 11) is 0. The summed E-state index contributed by atoms with van der Waals surface area (Å²) in [5.41, 5.74) is 3.11. The lowest BCUT2D eigenvalue weighted by atomic mass is 10.0. The second-order valence-electron chi connectivity index (χ2n) is 3.22. The molecule has 1 aromatic carbocycles. The number of halogens is 1. The average Bonchev–Trinajstić information content (AvgIpc) is 2.65. The Balaban J connectivity index is 2.26. The number of rotatable bonds is 0. The van der Waals surface area contributed by atoms with Crippen molar-refractivity contribution >= 4 is 17.3 Å². The number of nitrogens with zero attached hydrogens (tertiary/aromatic N) is 1. The van der Waals surface area contributed by atoms with Gasteiger partial charge in [-0.05, 0) is 18.2 Å². The van der Waals surface area contributed by atoms with Crippen LogP contribution in [0.4, 0.5) is 5.69 Å². The molecular formula is C10H7ClN2O. The van der Waals surface area contributed by atoms with Crippen LogP contribution < -0.4 is 5.32 Å². The van der Waals surface area contributed by atoms with E-state index < -0.39 is 0 Å². The van der Waals surface area contributed by atoms with Gasteiger partial charge in [0.15, 0.2) is 5.76 Å². The van der Waals surface area contributed by atoms with Gasteiger partial charge in [-0.2, -0.15) is 0 Å². The summed E-state index contributed by atoms with van der Waals surface area (Å²) in [5.74, 6) is 0.843. The number of anilines is 1. The minimum atomic E-state index is 0.721. The van der Waals surface area contributed by atoms with Crippen molar-refractivity contribution in [1.29, 1.82) is 0 Å². The summed E-state index contributed by atoms with van der Waals surface area (Å²) in [6.45, 7) is 0.742. The number of benzene rings is 1. The van der Waals surface area contributed by atoms with Gasteiger partial charge in [0.05, 0.1) is 6.20 Å². The lowest BCUT2D eigenvalue weighted by molar-refractivity contribution is 0.431.